The van der Waals surface area contributed by atoms with E-state index in [-0.39, 0.29) is 38.2 Å². The molecule has 5 nitrogen and oxygen atoms in total. The van der Waals surface area contributed by atoms with Crippen LogP contribution in [0, 0.1) is 0 Å². The van der Waals surface area contributed by atoms with Crippen LogP contribution in [0.4, 0.5) is 13.2 Å². The number of aromatic nitrogens is 4. The van der Waals surface area contributed by atoms with Crippen LogP contribution in [-0.4, -0.2) is 19.5 Å². The van der Waals surface area contributed by atoms with Crippen molar-refractivity contribution < 1.29 is 13.2 Å². The first kappa shape index (κ1) is 23.6. The van der Waals surface area contributed by atoms with E-state index in [0.717, 1.165) is 27.6 Å². The molecular weight excluding hydrogens is 520 g/mol. The summed E-state index contributed by atoms with van der Waals surface area (Å²) in [5.41, 5.74) is -0.483. The van der Waals surface area contributed by atoms with Gasteiger partial charge in [-0.15, -0.1) is 0 Å². The quantitative estimate of drug-likeness (QED) is 0.185. The summed E-state index contributed by atoms with van der Waals surface area (Å²) in [6.45, 7) is 0. The summed E-state index contributed by atoms with van der Waals surface area (Å²) in [6, 6.07) is 14.8. The maximum absolute atomic E-state index is 13.5. The molecule has 0 aliphatic carbocycles. The van der Waals surface area contributed by atoms with Gasteiger partial charge in [0.15, 0.2) is 0 Å². The number of nitrogens with zero attached hydrogens (tertiary/aromatic N) is 4. The van der Waals surface area contributed by atoms with Crippen LogP contribution in [0.15, 0.2) is 76.8 Å². The van der Waals surface area contributed by atoms with Gasteiger partial charge in [0.2, 0.25) is 0 Å². The van der Waals surface area contributed by atoms with Gasteiger partial charge in [0.25, 0.3) is 5.56 Å². The number of alkyl halides is 3. The molecule has 0 unspecified atom stereocenters. The molecule has 3 aromatic carbocycles. The number of halogens is 5. The summed E-state index contributed by atoms with van der Waals surface area (Å²) < 4.78 is 41.4. The molecule has 11 heteroatoms. The van der Waals surface area contributed by atoms with Crippen molar-refractivity contribution in [3.8, 4) is 5.69 Å². The number of benzene rings is 3. The molecule has 0 saturated carbocycles. The van der Waals surface area contributed by atoms with Crippen molar-refractivity contribution in [2.45, 2.75) is 17.0 Å². The van der Waals surface area contributed by atoms with Crippen molar-refractivity contribution in [3.05, 3.63) is 98.8 Å². The first-order chi connectivity index (χ1) is 16.7. The van der Waals surface area contributed by atoms with Crippen molar-refractivity contribution in [1.29, 1.82) is 0 Å². The number of hydrogen-bond donors (Lipinski definition) is 0. The van der Waals surface area contributed by atoms with Gasteiger partial charge in [-0.1, -0.05) is 59.2 Å². The van der Waals surface area contributed by atoms with Crippen LogP contribution in [0.5, 0.6) is 0 Å². The van der Waals surface area contributed by atoms with Crippen molar-refractivity contribution in [3.63, 3.8) is 0 Å². The normalized spacial score (nSPS) is 11.9. The predicted octanol–water partition coefficient (Wildman–Crippen LogP) is 6.95. The van der Waals surface area contributed by atoms with Gasteiger partial charge in [0, 0.05) is 10.4 Å². The van der Waals surface area contributed by atoms with Crippen LogP contribution in [0.1, 0.15) is 11.4 Å². The molecule has 0 spiro atoms. The van der Waals surface area contributed by atoms with Gasteiger partial charge in [-0.25, -0.2) is 15.0 Å². The zero-order valence-corrected chi connectivity index (χ0v) is 19.9. The van der Waals surface area contributed by atoms with Gasteiger partial charge in [-0.05, 0) is 36.4 Å². The van der Waals surface area contributed by atoms with E-state index >= 15 is 0 Å². The SMILES string of the molecule is O=c1c2cc(Cl)cc(Cl)c2nc(CSc2ncnc3ccccc23)n1-c1cccc(C(F)(F)F)c1. The van der Waals surface area contributed by atoms with Crippen LogP contribution in [0.25, 0.3) is 27.5 Å². The Labute approximate surface area is 210 Å². The third-order valence-corrected chi connectivity index (χ3v) is 6.74. The van der Waals surface area contributed by atoms with Gasteiger partial charge >= 0.3 is 6.18 Å². The third-order valence-electron chi connectivity index (χ3n) is 5.24. The number of fused-ring (bicyclic) bond motifs is 2. The molecular formula is C24H13Cl2F3N4OS. The average Bonchev–Trinajstić information content (AvgIpc) is 2.83. The standard InChI is InChI=1S/C24H13Cl2F3N4OS/c25-14-9-17-21(18(26)10-14)32-20(11-35-22-16-6-1-2-7-19(16)30-12-31-22)33(23(17)34)15-5-3-4-13(8-15)24(27,28)29/h1-10,12H,11H2. The van der Waals surface area contributed by atoms with Gasteiger partial charge < -0.3 is 0 Å². The van der Waals surface area contributed by atoms with Gasteiger partial charge in [-0.2, -0.15) is 13.2 Å². The zero-order valence-electron chi connectivity index (χ0n) is 17.6. The summed E-state index contributed by atoms with van der Waals surface area (Å²) >= 11 is 13.7. The Morgan fingerprint density at radius 2 is 1.74 bits per heavy atom. The molecule has 0 radical (unpaired) electrons. The summed E-state index contributed by atoms with van der Waals surface area (Å²) in [4.78, 5) is 26.7. The Kier molecular flexibility index (Phi) is 6.16. The summed E-state index contributed by atoms with van der Waals surface area (Å²) in [7, 11) is 0. The highest BCUT2D eigenvalue weighted by Gasteiger charge is 2.31. The Balaban J connectivity index is 1.69. The molecule has 5 rings (SSSR count). The van der Waals surface area contributed by atoms with Crippen LogP contribution in [0.3, 0.4) is 0 Å². The van der Waals surface area contributed by atoms with Crippen LogP contribution >= 0.6 is 35.0 Å². The Morgan fingerprint density at radius 3 is 2.54 bits per heavy atom. The van der Waals surface area contributed by atoms with Crippen LogP contribution < -0.4 is 5.56 Å². The first-order valence-electron chi connectivity index (χ1n) is 10.1. The topological polar surface area (TPSA) is 60.7 Å². The lowest BCUT2D eigenvalue weighted by Crippen LogP contribution is -2.24. The van der Waals surface area contributed by atoms with Gasteiger partial charge in [0.05, 0.1) is 38.4 Å². The molecule has 176 valence electrons. The third kappa shape index (κ3) is 4.59. The second kappa shape index (κ2) is 9.14. The fourth-order valence-electron chi connectivity index (χ4n) is 3.67. The zero-order chi connectivity index (χ0) is 24.7. The van der Waals surface area contributed by atoms with Gasteiger partial charge in [0.1, 0.15) is 17.2 Å². The maximum atomic E-state index is 13.5. The minimum atomic E-state index is -4.58. The van der Waals surface area contributed by atoms with Crippen molar-refractivity contribution in [1.82, 2.24) is 19.5 Å². The van der Waals surface area contributed by atoms with Crippen LogP contribution in [-0.2, 0) is 11.9 Å². The van der Waals surface area contributed by atoms with Crippen molar-refractivity contribution in [2.75, 3.05) is 0 Å². The molecule has 2 aromatic heterocycles. The second-order valence-corrected chi connectivity index (χ2v) is 9.29. The smallest absolute Gasteiger partial charge is 0.268 e. The van der Waals surface area contributed by atoms with Crippen LogP contribution in [0.2, 0.25) is 10.0 Å². The molecule has 2 heterocycles. The van der Waals surface area contributed by atoms with E-state index in [0.29, 0.717) is 5.03 Å². The highest BCUT2D eigenvalue weighted by molar-refractivity contribution is 7.98. The lowest BCUT2D eigenvalue weighted by Gasteiger charge is -2.16. The largest absolute Gasteiger partial charge is 0.416 e. The van der Waals surface area contributed by atoms with Crippen molar-refractivity contribution >= 4 is 56.8 Å². The molecule has 0 amide bonds. The van der Waals surface area contributed by atoms with E-state index in [1.54, 1.807) is 0 Å². The number of rotatable bonds is 4. The Bertz CT molecular complexity index is 1650. The lowest BCUT2D eigenvalue weighted by atomic mass is 10.2. The monoisotopic (exact) mass is 532 g/mol. The molecule has 0 bridgehead atoms. The first-order valence-corrected chi connectivity index (χ1v) is 11.9. The van der Waals surface area contributed by atoms with Gasteiger partial charge in [-0.3, -0.25) is 9.36 Å². The van der Waals surface area contributed by atoms with E-state index in [2.05, 4.69) is 15.0 Å². The van der Waals surface area contributed by atoms with E-state index in [1.165, 1.54) is 42.4 Å². The second-order valence-electron chi connectivity index (χ2n) is 7.49. The van der Waals surface area contributed by atoms with Crippen molar-refractivity contribution in [2.24, 2.45) is 0 Å². The average molecular weight is 533 g/mol. The molecule has 0 atom stereocenters. The Morgan fingerprint density at radius 1 is 0.943 bits per heavy atom. The minimum absolute atomic E-state index is 0.0264. The molecule has 35 heavy (non-hydrogen) atoms. The molecule has 0 aliphatic rings. The number of thioether (sulfide) groups is 1. The van der Waals surface area contributed by atoms with E-state index < -0.39 is 17.3 Å². The highest BCUT2D eigenvalue weighted by atomic mass is 35.5. The summed E-state index contributed by atoms with van der Waals surface area (Å²) in [5.74, 6) is 0.334. The number of para-hydroxylation sites is 1. The molecule has 0 N–H and O–H groups in total. The van der Waals surface area contributed by atoms with E-state index in [1.807, 2.05) is 24.3 Å². The predicted molar refractivity (Wildman–Crippen MR) is 131 cm³/mol. The maximum Gasteiger partial charge on any atom is 0.416 e. The minimum Gasteiger partial charge on any atom is -0.268 e. The van der Waals surface area contributed by atoms with E-state index in [9.17, 15) is 18.0 Å². The molecule has 5 aromatic rings. The highest BCUT2D eigenvalue weighted by Crippen LogP contribution is 2.32. The summed E-state index contributed by atoms with van der Waals surface area (Å²) in [6.07, 6.45) is -3.15. The summed E-state index contributed by atoms with van der Waals surface area (Å²) in [5, 5.41) is 1.92. The van der Waals surface area contributed by atoms with E-state index in [4.69, 9.17) is 23.2 Å². The lowest BCUT2D eigenvalue weighted by molar-refractivity contribution is -0.137. The number of hydrogen-bond acceptors (Lipinski definition) is 5. The fraction of sp³-hybridized carbons (Fsp3) is 0.0833. The molecule has 0 fully saturated rings. The molecule has 0 saturated heterocycles. The Hall–Kier alpha value is -3.14. The molecule has 0 aliphatic heterocycles. The fourth-order valence-corrected chi connectivity index (χ4v) is 5.12.